The van der Waals surface area contributed by atoms with Gasteiger partial charge < -0.3 is 19.2 Å². The second kappa shape index (κ2) is 8.38. The van der Waals surface area contributed by atoms with Crippen LogP contribution in [0.3, 0.4) is 0 Å². The average molecular weight is 386 g/mol. The van der Waals surface area contributed by atoms with E-state index in [-0.39, 0.29) is 49.1 Å². The van der Waals surface area contributed by atoms with Gasteiger partial charge in [-0.25, -0.2) is 14.4 Å². The largest absolute Gasteiger partial charge is 0.465 e. The Morgan fingerprint density at radius 1 is 1.11 bits per heavy atom. The number of imide groups is 1. The molecular weight excluding hydrogens is 368 g/mol. The van der Waals surface area contributed by atoms with Gasteiger partial charge in [0.25, 0.3) is 0 Å². The van der Waals surface area contributed by atoms with Crippen molar-refractivity contribution >= 4 is 23.9 Å². The van der Waals surface area contributed by atoms with Gasteiger partial charge in [-0.3, -0.25) is 9.69 Å². The Labute approximate surface area is 160 Å². The maximum absolute atomic E-state index is 12.5. The van der Waals surface area contributed by atoms with Crippen LogP contribution in [-0.4, -0.2) is 41.9 Å². The maximum atomic E-state index is 12.5. The fourth-order valence-corrected chi connectivity index (χ4v) is 2.69. The van der Waals surface area contributed by atoms with Crippen molar-refractivity contribution in [3.63, 3.8) is 0 Å². The molecule has 3 amide bonds. The number of amides is 3. The lowest BCUT2D eigenvalue weighted by Crippen LogP contribution is -2.31. The highest BCUT2D eigenvalue weighted by Gasteiger charge is 2.29. The van der Waals surface area contributed by atoms with Crippen molar-refractivity contribution in [3.8, 4) is 0 Å². The normalized spacial score (nSPS) is 13.4. The molecule has 9 nitrogen and oxygen atoms in total. The number of esters is 2. The summed E-state index contributed by atoms with van der Waals surface area (Å²) in [5.74, 6) is -1.45. The van der Waals surface area contributed by atoms with Crippen LogP contribution < -0.4 is 5.32 Å². The first-order chi connectivity index (χ1) is 13.5. The summed E-state index contributed by atoms with van der Waals surface area (Å²) in [4.78, 5) is 48.9. The van der Waals surface area contributed by atoms with E-state index in [9.17, 15) is 19.2 Å². The number of ether oxygens (including phenoxy) is 2. The number of urea groups is 1. The SMILES string of the molecule is CCOC(=O)c1ccoc1COC(=O)c1ccccc1CN1C(=O)CNC1=O. The molecule has 3 rings (SSSR count). The van der Waals surface area contributed by atoms with Gasteiger partial charge in [-0.2, -0.15) is 0 Å². The first-order valence-corrected chi connectivity index (χ1v) is 8.58. The highest BCUT2D eigenvalue weighted by molar-refractivity contribution is 6.02. The van der Waals surface area contributed by atoms with E-state index in [0.29, 0.717) is 5.56 Å². The minimum Gasteiger partial charge on any atom is -0.465 e. The molecule has 1 saturated heterocycles. The summed E-state index contributed by atoms with van der Waals surface area (Å²) < 4.78 is 15.4. The number of furan rings is 1. The van der Waals surface area contributed by atoms with E-state index in [1.165, 1.54) is 18.4 Å². The highest BCUT2D eigenvalue weighted by atomic mass is 16.5. The van der Waals surface area contributed by atoms with E-state index < -0.39 is 18.0 Å². The Morgan fingerprint density at radius 2 is 1.86 bits per heavy atom. The average Bonchev–Trinajstić information content (AvgIpc) is 3.28. The van der Waals surface area contributed by atoms with Crippen LogP contribution in [0.1, 0.15) is 39.0 Å². The molecule has 0 spiro atoms. The number of nitrogens with zero attached hydrogens (tertiary/aromatic N) is 1. The van der Waals surface area contributed by atoms with E-state index in [2.05, 4.69) is 5.32 Å². The van der Waals surface area contributed by atoms with Crippen LogP contribution in [0.2, 0.25) is 0 Å². The third-order valence-corrected chi connectivity index (χ3v) is 4.08. The van der Waals surface area contributed by atoms with Crippen LogP contribution in [-0.2, 0) is 27.4 Å². The number of benzene rings is 1. The van der Waals surface area contributed by atoms with Crippen molar-refractivity contribution in [3.05, 3.63) is 59.0 Å². The quantitative estimate of drug-likeness (QED) is 0.570. The van der Waals surface area contributed by atoms with Gasteiger partial charge in [-0.1, -0.05) is 18.2 Å². The van der Waals surface area contributed by atoms with Crippen LogP contribution in [0.15, 0.2) is 41.0 Å². The van der Waals surface area contributed by atoms with Gasteiger partial charge in [-0.15, -0.1) is 0 Å². The first-order valence-electron chi connectivity index (χ1n) is 8.58. The Morgan fingerprint density at radius 3 is 2.57 bits per heavy atom. The molecule has 0 aliphatic carbocycles. The van der Waals surface area contributed by atoms with Gasteiger partial charge in [0.05, 0.1) is 31.5 Å². The van der Waals surface area contributed by atoms with Crippen LogP contribution in [0, 0.1) is 0 Å². The van der Waals surface area contributed by atoms with Crippen LogP contribution in [0.4, 0.5) is 4.79 Å². The number of carbonyl (C=O) groups is 4. The lowest BCUT2D eigenvalue weighted by atomic mass is 10.1. The van der Waals surface area contributed by atoms with E-state index >= 15 is 0 Å². The number of nitrogens with one attached hydrogen (secondary N) is 1. The van der Waals surface area contributed by atoms with Crippen LogP contribution in [0.5, 0.6) is 0 Å². The molecule has 1 aliphatic rings. The molecule has 146 valence electrons. The van der Waals surface area contributed by atoms with Gasteiger partial charge in [0.1, 0.15) is 5.56 Å². The highest BCUT2D eigenvalue weighted by Crippen LogP contribution is 2.18. The monoisotopic (exact) mass is 386 g/mol. The zero-order valence-corrected chi connectivity index (χ0v) is 15.1. The minimum atomic E-state index is -0.672. The second-order valence-corrected chi connectivity index (χ2v) is 5.85. The zero-order valence-electron chi connectivity index (χ0n) is 15.1. The third-order valence-electron chi connectivity index (χ3n) is 4.08. The Kier molecular flexibility index (Phi) is 5.73. The molecule has 0 saturated carbocycles. The molecule has 1 aromatic heterocycles. The summed E-state index contributed by atoms with van der Waals surface area (Å²) in [5.41, 5.74) is 0.851. The summed E-state index contributed by atoms with van der Waals surface area (Å²) in [6.07, 6.45) is 1.31. The van der Waals surface area contributed by atoms with E-state index in [4.69, 9.17) is 13.9 Å². The van der Waals surface area contributed by atoms with Crippen molar-refractivity contribution in [2.45, 2.75) is 20.1 Å². The summed E-state index contributed by atoms with van der Waals surface area (Å²) >= 11 is 0. The predicted octanol–water partition coefficient (Wildman–Crippen LogP) is 1.87. The molecule has 1 aromatic carbocycles. The van der Waals surface area contributed by atoms with Crippen molar-refractivity contribution < 1.29 is 33.1 Å². The number of hydrogen-bond donors (Lipinski definition) is 1. The maximum Gasteiger partial charge on any atom is 0.341 e. The van der Waals surface area contributed by atoms with E-state index in [1.54, 1.807) is 25.1 Å². The third kappa shape index (κ3) is 4.03. The smallest absolute Gasteiger partial charge is 0.341 e. The van der Waals surface area contributed by atoms with Crippen molar-refractivity contribution in [2.24, 2.45) is 0 Å². The molecule has 28 heavy (non-hydrogen) atoms. The fourth-order valence-electron chi connectivity index (χ4n) is 2.69. The van der Waals surface area contributed by atoms with Crippen molar-refractivity contribution in [1.29, 1.82) is 0 Å². The van der Waals surface area contributed by atoms with Gasteiger partial charge in [0, 0.05) is 0 Å². The van der Waals surface area contributed by atoms with E-state index in [1.807, 2.05) is 0 Å². The number of rotatable bonds is 7. The molecule has 9 heteroatoms. The summed E-state index contributed by atoms with van der Waals surface area (Å²) in [6, 6.07) is 7.42. The minimum absolute atomic E-state index is 0.0508. The van der Waals surface area contributed by atoms with Gasteiger partial charge >= 0.3 is 18.0 Å². The fraction of sp³-hybridized carbons (Fsp3) is 0.263. The number of hydrogen-bond acceptors (Lipinski definition) is 7. The molecule has 0 unspecified atom stereocenters. The molecule has 0 atom stereocenters. The molecule has 1 N–H and O–H groups in total. The standard InChI is InChI=1S/C19H18N2O7/c1-2-26-18(24)14-7-8-27-15(14)11-28-17(23)13-6-4-3-5-12(13)10-21-16(22)9-20-19(21)25/h3-8H,2,9-11H2,1H3,(H,20,25). The zero-order chi connectivity index (χ0) is 20.1. The summed E-state index contributed by atoms with van der Waals surface area (Å²) in [6.45, 7) is 1.50. The molecule has 2 aromatic rings. The Balaban J connectivity index is 1.71. The lowest BCUT2D eigenvalue weighted by Gasteiger charge is -2.15. The Bertz CT molecular complexity index is 903. The van der Waals surface area contributed by atoms with Gasteiger partial charge in [0.2, 0.25) is 5.91 Å². The molecule has 2 heterocycles. The van der Waals surface area contributed by atoms with Crippen molar-refractivity contribution in [2.75, 3.05) is 13.2 Å². The van der Waals surface area contributed by atoms with Crippen LogP contribution >= 0.6 is 0 Å². The van der Waals surface area contributed by atoms with Crippen LogP contribution in [0.25, 0.3) is 0 Å². The van der Waals surface area contributed by atoms with Gasteiger partial charge in [0.15, 0.2) is 12.4 Å². The predicted molar refractivity (Wildman–Crippen MR) is 94.2 cm³/mol. The van der Waals surface area contributed by atoms with E-state index in [0.717, 1.165) is 4.90 Å². The molecule has 0 bridgehead atoms. The molecular formula is C19H18N2O7. The summed E-state index contributed by atoms with van der Waals surface area (Å²) in [5, 5.41) is 2.42. The van der Waals surface area contributed by atoms with Gasteiger partial charge in [-0.05, 0) is 24.6 Å². The Hall–Kier alpha value is -3.62. The first kappa shape index (κ1) is 19.2. The van der Waals surface area contributed by atoms with Crippen molar-refractivity contribution in [1.82, 2.24) is 10.2 Å². The molecule has 0 radical (unpaired) electrons. The summed E-state index contributed by atoms with van der Waals surface area (Å²) in [7, 11) is 0. The molecule has 1 aliphatic heterocycles. The molecule has 1 fully saturated rings. The second-order valence-electron chi connectivity index (χ2n) is 5.85. The topological polar surface area (TPSA) is 115 Å². The number of carbonyl (C=O) groups excluding carboxylic acids is 4. The lowest BCUT2D eigenvalue weighted by molar-refractivity contribution is -0.125.